The molecule has 2 aliphatic rings. The van der Waals surface area contributed by atoms with Gasteiger partial charge in [-0.3, -0.25) is 4.79 Å². The number of nitrogens with zero attached hydrogens (tertiary/aromatic N) is 1. The van der Waals surface area contributed by atoms with Crippen molar-refractivity contribution in [2.45, 2.75) is 29.5 Å². The lowest BCUT2D eigenvalue weighted by Gasteiger charge is -2.21. The lowest BCUT2D eigenvalue weighted by atomic mass is 10.2. The van der Waals surface area contributed by atoms with Crippen LogP contribution in [0.1, 0.15) is 16.7 Å². The highest BCUT2D eigenvalue weighted by molar-refractivity contribution is 8.79. The Morgan fingerprint density at radius 1 is 0.621 bits per heavy atom. The smallest absolute Gasteiger partial charge is 0.407 e. The fraction of sp³-hybridized carbons (Fsp3) is 0.333. The maximum atomic E-state index is 12.5. The molecule has 0 spiro atoms. The lowest BCUT2D eigenvalue weighted by Crippen LogP contribution is -2.40. The number of ether oxygens (including phenoxy) is 3. The van der Waals surface area contributed by atoms with Gasteiger partial charge in [0.25, 0.3) is 0 Å². The first-order valence-electron chi connectivity index (χ1n) is 17.2. The molecule has 3 aromatic carbocycles. The molecule has 0 atom stereocenters. The Morgan fingerprint density at radius 2 is 1.08 bits per heavy atom. The van der Waals surface area contributed by atoms with Crippen LogP contribution < -0.4 is 20.1 Å². The molecule has 5 rings (SSSR count). The molecular weight excluding hydrogens is 1380 g/mol. The molecule has 0 radical (unpaired) electrons. The van der Waals surface area contributed by atoms with E-state index in [2.05, 4.69) is 22.8 Å². The zero-order valence-electron chi connectivity index (χ0n) is 33.4. The third kappa shape index (κ3) is 31.2. The Balaban J connectivity index is 0.000000278. The van der Waals surface area contributed by atoms with Crippen molar-refractivity contribution in [3.63, 3.8) is 0 Å². The van der Waals surface area contributed by atoms with Crippen molar-refractivity contribution in [2.24, 2.45) is 0 Å². The van der Waals surface area contributed by atoms with Gasteiger partial charge in [0.05, 0.1) is 14.2 Å². The second-order valence-electron chi connectivity index (χ2n) is 10.7. The number of rotatable bonds is 6. The predicted octanol–water partition coefficient (Wildman–Crippen LogP) is 4.88. The van der Waals surface area contributed by atoms with Crippen LogP contribution in [-0.2, 0) is 265 Å². The number of alkyl carbamates (subject to hydrolysis) is 1. The number of nitrogens with one attached hydrogen (secondary N) is 2. The average molecular weight is 1420 g/mol. The van der Waals surface area contributed by atoms with Gasteiger partial charge in [-0.15, -0.1) is 23.5 Å². The number of hydrogen-bond donors (Lipinski definition) is 2. The second-order valence-corrected chi connectivity index (χ2v) is 55.4. The van der Waals surface area contributed by atoms with Crippen LogP contribution in [0.5, 0.6) is 11.5 Å². The fourth-order valence-corrected chi connectivity index (χ4v) is 66.7. The first-order valence-corrected chi connectivity index (χ1v) is 52.6. The van der Waals surface area contributed by atoms with Crippen LogP contribution in [0.3, 0.4) is 0 Å². The first kappa shape index (κ1) is 62.7. The number of thioether (sulfide) groups is 2. The highest BCUT2D eigenvalue weighted by atomic mass is 33.5. The molecule has 2 amide bonds. The highest BCUT2D eigenvalue weighted by Gasteiger charge is 2.20. The minimum absolute atomic E-state index is 0.0857. The van der Waals surface area contributed by atoms with Gasteiger partial charge in [-0.1, -0.05) is 30.3 Å². The molecule has 0 aromatic heterocycles. The summed E-state index contributed by atoms with van der Waals surface area (Å²) in [5, 5.41) is 5.91. The minimum Gasteiger partial charge on any atom is -0.497 e. The maximum Gasteiger partial charge on any atom is 0.407 e. The largest absolute Gasteiger partial charge is 0.497 e. The zero-order valence-corrected chi connectivity index (χ0v) is 56.3. The van der Waals surface area contributed by atoms with E-state index in [-0.39, 0.29) is 19.1 Å². The SMILES string of the molecule is COc1ccc2c(c1)CN(C(=O)CNC(=O)OCc1ccccc1)CCS2.COc1ccc2c(c1)CNCCS2.S=S=S=S=S=S=S=S=S=S=S=S=S=S=S=S=S=S=S=S=S=S=S=S=S=S. The Bertz CT molecular complexity index is 3130. The summed E-state index contributed by atoms with van der Waals surface area (Å²) in [4.78, 5) is 28.6. The number of amides is 2. The number of benzene rings is 3. The molecule has 66 heavy (non-hydrogen) atoms. The molecule has 0 bridgehead atoms. The normalized spacial score (nSPS) is 11.6. The molecule has 0 aliphatic carbocycles. The maximum absolute atomic E-state index is 12.5. The number of carbonyl (C=O) groups is 2. The van der Waals surface area contributed by atoms with E-state index in [9.17, 15) is 9.59 Å². The summed E-state index contributed by atoms with van der Waals surface area (Å²) >= 11 is 13.2. The average Bonchev–Trinajstić information content (AvgIpc) is 3.73. The molecule has 3 aromatic rings. The Hall–Kier alpha value is 2.38. The van der Waals surface area contributed by atoms with E-state index in [1.165, 1.54) is 28.2 Å². The van der Waals surface area contributed by atoms with Gasteiger partial charge in [-0.25, -0.2) is 4.79 Å². The highest BCUT2D eigenvalue weighted by Crippen LogP contribution is 2.30. The van der Waals surface area contributed by atoms with E-state index in [1.54, 1.807) is 155 Å². The third-order valence-electron chi connectivity index (χ3n) is 6.96. The standard InChI is InChI=1S/C20H22N2O4S.C10H13NOS.S26/c1-25-17-7-8-18-16(11-17)13-22(9-10-27-18)19(23)12-21-20(24)26-14-15-5-3-2-4-6-15;1-12-9-2-3-10-8(6-9)7-11-4-5-13-10;1-3-5-7-9-11-13-15-17-19-21-23-25-26-24-22-20-18-16-14-12-10-8-6-4-2/h2-8,11H,9-10,12-14H2,1H3,(H,21,24);2-3,6,11H,4-5,7H2,1H3;. The molecule has 2 heterocycles. The molecule has 2 N–H and O–H groups in total. The Labute approximate surface area is 471 Å². The van der Waals surface area contributed by atoms with Gasteiger partial charge in [-0.2, -0.15) is 0 Å². The van der Waals surface area contributed by atoms with Crippen LogP contribution in [0, 0.1) is 0 Å². The summed E-state index contributed by atoms with van der Waals surface area (Å²) < 4.78 is 15.6. The van der Waals surface area contributed by atoms with Crippen molar-refractivity contribution in [3.05, 3.63) is 83.4 Å². The van der Waals surface area contributed by atoms with Crippen LogP contribution in [0.4, 0.5) is 4.79 Å². The van der Waals surface area contributed by atoms with Crippen molar-refractivity contribution in [1.29, 1.82) is 0 Å². The van der Waals surface area contributed by atoms with Crippen molar-refractivity contribution in [2.75, 3.05) is 45.4 Å². The molecule has 0 unspecified atom stereocenters. The zero-order chi connectivity index (χ0) is 47.1. The molecule has 0 saturated carbocycles. The summed E-state index contributed by atoms with van der Waals surface area (Å²) in [6, 6.07) is 21.6. The molecule has 2 aliphatic heterocycles. The third-order valence-corrected chi connectivity index (χ3v) is 60.3. The number of methoxy groups -OCH3 is 2. The van der Waals surface area contributed by atoms with Crippen molar-refractivity contribution < 1.29 is 23.8 Å². The van der Waals surface area contributed by atoms with Gasteiger partial charge in [-0.05, 0) is 53.1 Å². The van der Waals surface area contributed by atoms with E-state index in [4.69, 9.17) is 36.6 Å². The van der Waals surface area contributed by atoms with Crippen molar-refractivity contribution in [3.8, 4) is 11.5 Å². The molecule has 8 nitrogen and oxygen atoms in total. The van der Waals surface area contributed by atoms with E-state index in [1.807, 2.05) is 137 Å². The summed E-state index contributed by atoms with van der Waals surface area (Å²) in [6.07, 6.45) is -0.599. The van der Waals surface area contributed by atoms with E-state index < -0.39 is 6.09 Å². The van der Waals surface area contributed by atoms with Crippen LogP contribution >= 0.6 is 23.5 Å². The van der Waals surface area contributed by atoms with Crippen LogP contribution in [0.2, 0.25) is 0 Å². The molecule has 0 saturated heterocycles. The van der Waals surface area contributed by atoms with Gasteiger partial charge in [0.2, 0.25) is 5.91 Å². The van der Waals surface area contributed by atoms with Gasteiger partial charge in [0.15, 0.2) is 0 Å². The summed E-state index contributed by atoms with van der Waals surface area (Å²) in [6.45, 7) is 3.26. The fourth-order valence-electron chi connectivity index (χ4n) is 4.41. The van der Waals surface area contributed by atoms with E-state index in [0.29, 0.717) is 13.1 Å². The van der Waals surface area contributed by atoms with Crippen molar-refractivity contribution >= 4 is 271 Å². The second kappa shape index (κ2) is 43.7. The quantitative estimate of drug-likeness (QED) is 0.357. The van der Waals surface area contributed by atoms with Gasteiger partial charge < -0.3 is 29.7 Å². The molecule has 36 heteroatoms. The van der Waals surface area contributed by atoms with E-state index >= 15 is 0 Å². The predicted molar refractivity (Wildman–Crippen MR) is 351 cm³/mol. The number of carbonyl (C=O) groups excluding carboxylic acids is 2. The number of fused-ring (bicyclic) bond motifs is 2. The van der Waals surface area contributed by atoms with Gasteiger partial charge in [0, 0.05) is 283 Å². The minimum atomic E-state index is -0.599. The van der Waals surface area contributed by atoms with Gasteiger partial charge in [0.1, 0.15) is 24.7 Å². The lowest BCUT2D eigenvalue weighted by molar-refractivity contribution is -0.130. The molecule has 368 valence electrons. The summed E-state index contributed by atoms with van der Waals surface area (Å²) in [5.74, 6) is 3.54. The first-order chi connectivity index (χ1) is 32.5. The van der Waals surface area contributed by atoms with Crippen LogP contribution in [-0.4, -0.2) is 62.3 Å². The molecular formula is C30H35N3O5S28. The van der Waals surface area contributed by atoms with Crippen molar-refractivity contribution in [1.82, 2.24) is 15.5 Å². The number of hydrogen-bond acceptors (Lipinski definition) is 10. The topological polar surface area (TPSA) is 89.1 Å². The van der Waals surface area contributed by atoms with Gasteiger partial charge >= 0.3 is 6.09 Å². The Morgan fingerprint density at radius 3 is 1.56 bits per heavy atom. The van der Waals surface area contributed by atoms with E-state index in [0.717, 1.165) is 52.1 Å². The molecule has 0 fully saturated rings. The van der Waals surface area contributed by atoms with Crippen LogP contribution in [0.25, 0.3) is 0 Å². The summed E-state index contributed by atoms with van der Waals surface area (Å²) in [5.41, 5.74) is 3.30. The monoisotopic (exact) mass is 1410 g/mol. The summed E-state index contributed by atoms with van der Waals surface area (Å²) in [7, 11) is 45.1. The van der Waals surface area contributed by atoms with Crippen LogP contribution in [0.15, 0.2) is 76.5 Å². The Kier molecular flexibility index (Phi) is 41.5.